The van der Waals surface area contributed by atoms with E-state index in [0.29, 0.717) is 11.9 Å². The number of rotatable bonds is 7. The molecule has 0 saturated carbocycles. The first-order valence-corrected chi connectivity index (χ1v) is 11.3. The maximum absolute atomic E-state index is 12.4. The maximum atomic E-state index is 12.4. The average Bonchev–Trinajstić information content (AvgIpc) is 3.06. The van der Waals surface area contributed by atoms with Crippen LogP contribution < -0.4 is 0 Å². The maximum Gasteiger partial charge on any atom is 0.222 e. The van der Waals surface area contributed by atoms with Crippen molar-refractivity contribution < 1.29 is 4.79 Å². The molecule has 1 atom stereocenters. The minimum atomic E-state index is 0.382. The fraction of sp³-hybridized carbons (Fsp3) is 0.762. The lowest BCUT2D eigenvalue weighted by atomic mass is 10.1. The largest absolute Gasteiger partial charge is 0.343 e. The van der Waals surface area contributed by atoms with Gasteiger partial charge in [-0.2, -0.15) is 0 Å². The molecule has 5 heteroatoms. The number of hydrogen-bond acceptors (Lipinski definition) is 4. The highest BCUT2D eigenvalue weighted by atomic mass is 32.1. The lowest BCUT2D eigenvalue weighted by Crippen LogP contribution is -2.50. The van der Waals surface area contributed by atoms with E-state index >= 15 is 0 Å². The van der Waals surface area contributed by atoms with E-state index in [2.05, 4.69) is 46.1 Å². The van der Waals surface area contributed by atoms with Crippen LogP contribution in [0.15, 0.2) is 17.5 Å². The van der Waals surface area contributed by atoms with Crippen molar-refractivity contribution in [3.05, 3.63) is 22.4 Å². The van der Waals surface area contributed by atoms with Gasteiger partial charge in [-0.05, 0) is 43.0 Å². The Labute approximate surface area is 163 Å². The molecule has 1 unspecified atom stereocenters. The zero-order chi connectivity index (χ0) is 18.4. The van der Waals surface area contributed by atoms with Crippen LogP contribution in [0.1, 0.15) is 50.8 Å². The molecule has 0 aliphatic carbocycles. The minimum Gasteiger partial charge on any atom is -0.343 e. The number of piperazine rings is 1. The Morgan fingerprint density at radius 2 is 1.96 bits per heavy atom. The van der Waals surface area contributed by atoms with Crippen LogP contribution in [0.4, 0.5) is 0 Å². The van der Waals surface area contributed by atoms with Crippen LogP contribution in [0.2, 0.25) is 0 Å². The number of nitrogens with zero attached hydrogens (tertiary/aromatic N) is 3. The molecule has 0 radical (unpaired) electrons. The van der Waals surface area contributed by atoms with Gasteiger partial charge in [-0.15, -0.1) is 11.3 Å². The second-order valence-corrected chi connectivity index (χ2v) is 9.32. The van der Waals surface area contributed by atoms with Gasteiger partial charge in [0.2, 0.25) is 5.91 Å². The van der Waals surface area contributed by atoms with E-state index in [4.69, 9.17) is 0 Å². The summed E-state index contributed by atoms with van der Waals surface area (Å²) in [7, 11) is 0. The number of thiophene rings is 1. The summed E-state index contributed by atoms with van der Waals surface area (Å²) in [6.07, 6.45) is 5.30. The zero-order valence-electron chi connectivity index (χ0n) is 16.5. The van der Waals surface area contributed by atoms with Crippen molar-refractivity contribution >= 4 is 17.2 Å². The lowest BCUT2D eigenvalue weighted by molar-refractivity contribution is -0.130. The van der Waals surface area contributed by atoms with Crippen LogP contribution in [0, 0.1) is 5.92 Å². The monoisotopic (exact) mass is 377 g/mol. The molecule has 2 aliphatic heterocycles. The average molecular weight is 378 g/mol. The summed E-state index contributed by atoms with van der Waals surface area (Å²) in [5.41, 5.74) is 0. The summed E-state index contributed by atoms with van der Waals surface area (Å²) in [6, 6.07) is 4.98. The number of likely N-dealkylation sites (tertiary alicyclic amines) is 1. The van der Waals surface area contributed by atoms with Gasteiger partial charge in [-0.1, -0.05) is 19.9 Å². The first-order chi connectivity index (χ1) is 12.6. The number of hydrogen-bond donors (Lipinski definition) is 0. The van der Waals surface area contributed by atoms with Crippen LogP contribution in [0.3, 0.4) is 0 Å². The van der Waals surface area contributed by atoms with Gasteiger partial charge in [0.15, 0.2) is 0 Å². The van der Waals surface area contributed by atoms with Crippen molar-refractivity contribution in [2.45, 2.75) is 58.5 Å². The number of carbonyl (C=O) groups is 1. The quantitative estimate of drug-likeness (QED) is 0.725. The Morgan fingerprint density at radius 3 is 2.65 bits per heavy atom. The Morgan fingerprint density at radius 1 is 1.15 bits per heavy atom. The highest BCUT2D eigenvalue weighted by molar-refractivity contribution is 7.09. The van der Waals surface area contributed by atoms with Crippen LogP contribution in [0.5, 0.6) is 0 Å². The molecular formula is C21H35N3OS. The van der Waals surface area contributed by atoms with Crippen LogP contribution in [0.25, 0.3) is 0 Å². The van der Waals surface area contributed by atoms with Gasteiger partial charge < -0.3 is 4.90 Å². The molecule has 3 rings (SSSR count). The van der Waals surface area contributed by atoms with E-state index < -0.39 is 0 Å². The smallest absolute Gasteiger partial charge is 0.222 e. The minimum absolute atomic E-state index is 0.382. The predicted octanol–water partition coefficient (Wildman–Crippen LogP) is 3.68. The molecule has 146 valence electrons. The fourth-order valence-corrected chi connectivity index (χ4v) is 4.97. The van der Waals surface area contributed by atoms with Crippen molar-refractivity contribution in [2.24, 2.45) is 5.92 Å². The molecule has 2 aliphatic rings. The van der Waals surface area contributed by atoms with E-state index in [1.54, 1.807) is 0 Å². The SMILES string of the molecule is CC(C)CCCN1CCC(N2CCN(Cc3cccs3)CC2)CCC1=O. The van der Waals surface area contributed by atoms with Crippen molar-refractivity contribution in [2.75, 3.05) is 39.3 Å². The molecule has 1 aromatic heterocycles. The Hall–Kier alpha value is -0.910. The lowest BCUT2D eigenvalue weighted by Gasteiger charge is -2.39. The van der Waals surface area contributed by atoms with Gasteiger partial charge in [-0.3, -0.25) is 14.6 Å². The third kappa shape index (κ3) is 5.80. The van der Waals surface area contributed by atoms with Gasteiger partial charge in [0.05, 0.1) is 0 Å². The van der Waals surface area contributed by atoms with E-state index in [-0.39, 0.29) is 0 Å². The Bertz CT molecular complexity index is 537. The second kappa shape index (κ2) is 9.86. The second-order valence-electron chi connectivity index (χ2n) is 8.29. The van der Waals surface area contributed by atoms with Gasteiger partial charge in [0.25, 0.3) is 0 Å². The fourth-order valence-electron chi connectivity index (χ4n) is 4.22. The molecule has 2 saturated heterocycles. The van der Waals surface area contributed by atoms with Gasteiger partial charge >= 0.3 is 0 Å². The van der Waals surface area contributed by atoms with Gasteiger partial charge in [0, 0.05) is 63.2 Å². The number of amides is 1. The first kappa shape index (κ1) is 19.8. The van der Waals surface area contributed by atoms with Crippen LogP contribution in [-0.4, -0.2) is 65.9 Å². The van der Waals surface area contributed by atoms with Gasteiger partial charge in [-0.25, -0.2) is 0 Å². The van der Waals surface area contributed by atoms with Crippen LogP contribution >= 0.6 is 11.3 Å². The molecule has 3 heterocycles. The van der Waals surface area contributed by atoms with Crippen molar-refractivity contribution in [3.8, 4) is 0 Å². The Balaban J connectivity index is 1.42. The van der Waals surface area contributed by atoms with E-state index in [9.17, 15) is 4.79 Å². The van der Waals surface area contributed by atoms with Crippen molar-refractivity contribution in [1.29, 1.82) is 0 Å². The zero-order valence-corrected chi connectivity index (χ0v) is 17.3. The highest BCUT2D eigenvalue weighted by Crippen LogP contribution is 2.21. The van der Waals surface area contributed by atoms with E-state index in [1.165, 1.54) is 11.3 Å². The van der Waals surface area contributed by atoms with E-state index in [1.807, 2.05) is 11.3 Å². The molecule has 4 nitrogen and oxygen atoms in total. The molecule has 0 N–H and O–H groups in total. The van der Waals surface area contributed by atoms with Gasteiger partial charge in [0.1, 0.15) is 0 Å². The molecule has 0 aromatic carbocycles. The third-order valence-corrected chi connectivity index (χ3v) is 6.73. The summed E-state index contributed by atoms with van der Waals surface area (Å²) in [5, 5.41) is 2.17. The molecule has 0 bridgehead atoms. The Kier molecular flexibility index (Phi) is 7.52. The molecule has 26 heavy (non-hydrogen) atoms. The normalized spacial score (nSPS) is 23.6. The summed E-state index contributed by atoms with van der Waals surface area (Å²) >= 11 is 1.86. The topological polar surface area (TPSA) is 26.8 Å². The standard InChI is InChI=1S/C21H35N3OS/c1-18(2)5-3-10-24-11-9-19(7-8-21(24)25)23-14-12-22(13-15-23)17-20-6-4-16-26-20/h4,6,16,18-19H,3,5,7-15,17H2,1-2H3. The summed E-state index contributed by atoms with van der Waals surface area (Å²) in [4.78, 5) is 21.3. The third-order valence-electron chi connectivity index (χ3n) is 5.87. The molecule has 1 amide bonds. The van der Waals surface area contributed by atoms with Crippen molar-refractivity contribution in [3.63, 3.8) is 0 Å². The van der Waals surface area contributed by atoms with E-state index in [0.717, 1.165) is 77.4 Å². The summed E-state index contributed by atoms with van der Waals surface area (Å²) in [6.45, 7) is 12.1. The summed E-state index contributed by atoms with van der Waals surface area (Å²) < 4.78 is 0. The molecule has 2 fully saturated rings. The molecular weight excluding hydrogens is 342 g/mol. The summed E-state index contributed by atoms with van der Waals surface area (Å²) in [5.74, 6) is 1.11. The van der Waals surface area contributed by atoms with Crippen molar-refractivity contribution in [1.82, 2.24) is 14.7 Å². The predicted molar refractivity (Wildman–Crippen MR) is 109 cm³/mol. The first-order valence-electron chi connectivity index (χ1n) is 10.4. The molecule has 0 spiro atoms. The van der Waals surface area contributed by atoms with Crippen LogP contribution in [-0.2, 0) is 11.3 Å². The molecule has 1 aromatic rings. The number of carbonyl (C=O) groups excluding carboxylic acids is 1. The highest BCUT2D eigenvalue weighted by Gasteiger charge is 2.28.